The third kappa shape index (κ3) is 11.5. The van der Waals surface area contributed by atoms with E-state index in [-0.39, 0.29) is 10.8 Å². The Kier molecular flexibility index (Phi) is 17.1. The maximum Gasteiger partial charge on any atom is 0.137 e. The van der Waals surface area contributed by atoms with E-state index in [2.05, 4.69) is 415 Å². The van der Waals surface area contributed by atoms with Crippen LogP contribution in [0.3, 0.4) is 0 Å². The van der Waals surface area contributed by atoms with Crippen molar-refractivity contribution in [3.05, 3.63) is 429 Å². The molecular formula is C122H95N3O. The second kappa shape index (κ2) is 29.3. The standard InChI is InChI=1S/C64H50N2.C58H45NO/c1-3-13-44(14-4-1)45-23-28-51(29-24-45)65(53-32-34-63-59(41-53)57-20-10-12-22-62(57)66(63)50-15-5-2-6-16-50)52-30-25-46(26-31-52)54-17-7-8-18-55(54)47-27-33-61-58(40-47)56-19-9-11-21-60(56)64(61)48-36-42-35-43(38-48)39-49(64)37-42;1-2-11-39(12-3-1)40-21-26-45(27-22-40)59(54-18-10-20-56-57(54)50-16-7-9-19-55(50)60-56)46-28-23-41(24-29-46)47-13-4-5-14-48(47)42-25-30-53-51(36-42)49-15-6-8-17-52(49)58(53)43-32-37-31-38(34-43)35-44(58)33-37/h1-34,40-43,48-49H,35-39H2;1-30,36-38,43-44H,31-35H2. The van der Waals surface area contributed by atoms with Crippen LogP contribution in [0.25, 0.3) is 138 Å². The van der Waals surface area contributed by atoms with E-state index in [9.17, 15) is 0 Å². The number of hydrogen-bond donors (Lipinski definition) is 0. The van der Waals surface area contributed by atoms with Crippen LogP contribution in [0.5, 0.6) is 0 Å². The normalized spacial score (nSPS) is 21.6. The van der Waals surface area contributed by atoms with Gasteiger partial charge in [-0.2, -0.15) is 0 Å². The van der Waals surface area contributed by atoms with Crippen LogP contribution >= 0.6 is 0 Å². The molecule has 0 amide bonds. The molecule has 10 aliphatic carbocycles. The lowest BCUT2D eigenvalue weighted by atomic mass is 9.43. The van der Waals surface area contributed by atoms with Crippen LogP contribution < -0.4 is 9.80 Å². The van der Waals surface area contributed by atoms with E-state index in [1.165, 1.54) is 175 Å². The molecule has 29 rings (SSSR count). The third-order valence-electron chi connectivity index (χ3n) is 31.5. The molecule has 0 aliphatic heterocycles. The highest BCUT2D eigenvalue weighted by Crippen LogP contribution is 2.72. The third-order valence-corrected chi connectivity index (χ3v) is 31.5. The van der Waals surface area contributed by atoms with Gasteiger partial charge < -0.3 is 18.8 Å². The average Bonchev–Trinajstić information content (AvgIpc) is 1.51. The van der Waals surface area contributed by atoms with Gasteiger partial charge in [-0.1, -0.05) is 291 Å². The Morgan fingerprint density at radius 2 is 0.571 bits per heavy atom. The Labute approximate surface area is 737 Å². The van der Waals surface area contributed by atoms with Crippen molar-refractivity contribution in [2.75, 3.05) is 9.80 Å². The van der Waals surface area contributed by atoms with Crippen molar-refractivity contribution >= 4 is 77.9 Å². The molecule has 2 aromatic heterocycles. The number of aromatic nitrogens is 1. The minimum atomic E-state index is 0.185. The van der Waals surface area contributed by atoms with E-state index < -0.39 is 0 Å². The zero-order valence-corrected chi connectivity index (χ0v) is 70.6. The summed E-state index contributed by atoms with van der Waals surface area (Å²) < 4.78 is 8.79. The van der Waals surface area contributed by atoms with Gasteiger partial charge >= 0.3 is 0 Å². The van der Waals surface area contributed by atoms with Gasteiger partial charge in [-0.15, -0.1) is 0 Å². The summed E-state index contributed by atoms with van der Waals surface area (Å²) in [5.74, 6) is 6.85. The van der Waals surface area contributed by atoms with E-state index in [1.807, 2.05) is 6.07 Å². The molecule has 4 nitrogen and oxygen atoms in total. The topological polar surface area (TPSA) is 24.6 Å². The predicted octanol–water partition coefficient (Wildman–Crippen LogP) is 32.8. The number of para-hydroxylation sites is 3. The second-order valence-corrected chi connectivity index (χ2v) is 37.8. The summed E-state index contributed by atoms with van der Waals surface area (Å²) in [6.45, 7) is 0. The summed E-state index contributed by atoms with van der Waals surface area (Å²) in [6, 6.07) is 151. The number of fused-ring (bicyclic) bond motifs is 12. The molecule has 8 fully saturated rings. The second-order valence-electron chi connectivity index (χ2n) is 37.8. The molecule has 0 saturated heterocycles. The quantitative estimate of drug-likeness (QED) is 0.115. The van der Waals surface area contributed by atoms with Crippen molar-refractivity contribution in [1.29, 1.82) is 0 Å². The van der Waals surface area contributed by atoms with Gasteiger partial charge in [0.2, 0.25) is 0 Å². The van der Waals surface area contributed by atoms with Gasteiger partial charge in [0.15, 0.2) is 0 Å². The highest BCUT2D eigenvalue weighted by atomic mass is 16.3. The predicted molar refractivity (Wildman–Crippen MR) is 523 cm³/mol. The van der Waals surface area contributed by atoms with Gasteiger partial charge in [0, 0.05) is 61.1 Å². The van der Waals surface area contributed by atoms with Crippen molar-refractivity contribution < 1.29 is 4.42 Å². The minimum absolute atomic E-state index is 0.185. The van der Waals surface area contributed by atoms with Crippen LogP contribution in [0.4, 0.5) is 34.1 Å². The van der Waals surface area contributed by atoms with Crippen molar-refractivity contribution in [2.24, 2.45) is 47.3 Å². The summed E-state index contributed by atoms with van der Waals surface area (Å²) >= 11 is 0. The SMILES string of the molecule is c1ccc(-c2ccc(N(c3ccc(-c4ccccc4-c4ccc5c(c4)-c4ccccc4C54C5CC6CC(C5)CC4C6)cc3)c3ccc4c(c3)c3ccccc3n4-c3ccccc3)cc2)cc1.c1ccc(-c2ccc(N(c3ccc(-c4ccccc4-c4ccc5c(c4)-c4ccccc4C54C5CC6CC(C5)CC4C6)cc3)c3cccc4oc5ccccc5c34)cc2)cc1. The number of benzene rings is 17. The van der Waals surface area contributed by atoms with Gasteiger partial charge in [0.05, 0.1) is 22.1 Å². The molecule has 8 bridgehead atoms. The number of anilines is 6. The maximum atomic E-state index is 6.40. The van der Waals surface area contributed by atoms with Crippen molar-refractivity contribution in [3.63, 3.8) is 0 Å². The zero-order valence-electron chi connectivity index (χ0n) is 70.6. The monoisotopic (exact) mass is 1620 g/mol. The summed E-state index contributed by atoms with van der Waals surface area (Å²) in [5, 5.41) is 4.71. The molecule has 604 valence electrons. The van der Waals surface area contributed by atoms with Gasteiger partial charge in [-0.25, -0.2) is 0 Å². The summed E-state index contributed by atoms with van der Waals surface area (Å²) in [4.78, 5) is 4.79. The lowest BCUT2D eigenvalue weighted by molar-refractivity contribution is -0.0399. The Morgan fingerprint density at radius 3 is 1.06 bits per heavy atom. The number of hydrogen-bond acceptors (Lipinski definition) is 3. The first-order valence-electron chi connectivity index (χ1n) is 46.2. The van der Waals surface area contributed by atoms with Crippen molar-refractivity contribution in [3.8, 4) is 94.7 Å². The maximum absolute atomic E-state index is 6.40. The molecule has 0 unspecified atom stereocenters. The Hall–Kier alpha value is -14.1. The fraction of sp³-hybridized carbons (Fsp3) is 0.164. The molecule has 19 aromatic rings. The Morgan fingerprint density at radius 1 is 0.222 bits per heavy atom. The summed E-state index contributed by atoms with van der Waals surface area (Å²) in [5.41, 5.74) is 39.6. The molecule has 0 atom stereocenters. The number of nitrogens with zero attached hydrogens (tertiary/aromatic N) is 3. The van der Waals surface area contributed by atoms with Crippen LogP contribution in [-0.4, -0.2) is 4.57 Å². The number of furan rings is 1. The smallest absolute Gasteiger partial charge is 0.137 e. The van der Waals surface area contributed by atoms with Gasteiger partial charge in [-0.05, 0) is 338 Å². The van der Waals surface area contributed by atoms with Crippen molar-refractivity contribution in [1.82, 2.24) is 4.57 Å². The van der Waals surface area contributed by atoms with Crippen molar-refractivity contribution in [2.45, 2.75) is 75.0 Å². The van der Waals surface area contributed by atoms with Crippen LogP contribution in [-0.2, 0) is 10.8 Å². The van der Waals surface area contributed by atoms with Crippen LogP contribution in [0.2, 0.25) is 0 Å². The minimum Gasteiger partial charge on any atom is -0.456 e. The first-order chi connectivity index (χ1) is 62.4. The zero-order chi connectivity index (χ0) is 82.7. The fourth-order valence-corrected chi connectivity index (χ4v) is 26.8. The molecule has 4 heteroatoms. The van der Waals surface area contributed by atoms with E-state index in [0.717, 1.165) is 109 Å². The van der Waals surface area contributed by atoms with Crippen LogP contribution in [0.15, 0.2) is 411 Å². The van der Waals surface area contributed by atoms with Gasteiger partial charge in [0.1, 0.15) is 11.2 Å². The largest absolute Gasteiger partial charge is 0.456 e. The molecule has 0 N–H and O–H groups in total. The summed E-state index contributed by atoms with van der Waals surface area (Å²) in [6.07, 6.45) is 14.2. The van der Waals surface area contributed by atoms with Gasteiger partial charge in [0.25, 0.3) is 0 Å². The molecule has 2 spiro atoms. The number of rotatable bonds is 13. The molecule has 0 radical (unpaired) electrons. The first-order valence-corrected chi connectivity index (χ1v) is 46.2. The van der Waals surface area contributed by atoms with E-state index in [0.29, 0.717) is 0 Å². The molecule has 10 aliphatic rings. The van der Waals surface area contributed by atoms with E-state index >= 15 is 0 Å². The van der Waals surface area contributed by atoms with Crippen LogP contribution in [0, 0.1) is 47.3 Å². The highest BCUT2D eigenvalue weighted by molar-refractivity contribution is 6.14. The molecule has 2 heterocycles. The van der Waals surface area contributed by atoms with E-state index in [4.69, 9.17) is 4.42 Å². The average molecular weight is 1620 g/mol. The molecule has 126 heavy (non-hydrogen) atoms. The Bertz CT molecular complexity index is 7410. The lowest BCUT2D eigenvalue weighted by Gasteiger charge is -2.61. The molecule has 17 aromatic carbocycles. The fourth-order valence-electron chi connectivity index (χ4n) is 26.8. The first kappa shape index (κ1) is 73.5. The molecule has 8 saturated carbocycles. The highest BCUT2D eigenvalue weighted by Gasteiger charge is 2.63. The molecular weight excluding hydrogens is 1520 g/mol. The van der Waals surface area contributed by atoms with E-state index in [1.54, 1.807) is 22.3 Å². The van der Waals surface area contributed by atoms with Crippen LogP contribution in [0.1, 0.15) is 86.5 Å². The van der Waals surface area contributed by atoms with Gasteiger partial charge in [-0.3, -0.25) is 0 Å². The Balaban J connectivity index is 0.000000135. The lowest BCUT2D eigenvalue weighted by Crippen LogP contribution is -2.55. The summed E-state index contributed by atoms with van der Waals surface area (Å²) in [7, 11) is 0.